The summed E-state index contributed by atoms with van der Waals surface area (Å²) < 4.78 is 74.5. The minimum absolute atomic E-state index is 0.0793. The highest BCUT2D eigenvalue weighted by Crippen LogP contribution is 2.32. The topological polar surface area (TPSA) is 35.8 Å². The van der Waals surface area contributed by atoms with Crippen molar-refractivity contribution < 1.29 is 26.3 Å². The van der Waals surface area contributed by atoms with Gasteiger partial charge in [-0.05, 0) is 24.6 Å². The molecule has 1 aromatic rings. The van der Waals surface area contributed by atoms with Crippen molar-refractivity contribution in [3.8, 4) is 6.07 Å². The number of halogens is 6. The molecule has 20 heavy (non-hydrogen) atoms. The minimum atomic E-state index is -4.72. The van der Waals surface area contributed by atoms with Crippen LogP contribution in [0, 0.1) is 24.2 Å². The molecule has 1 rings (SSSR count). The Balaban J connectivity index is 2.91. The molecule has 1 aromatic carbocycles. The van der Waals surface area contributed by atoms with Crippen LogP contribution in [0.2, 0.25) is 0 Å². The third-order valence-corrected chi connectivity index (χ3v) is 2.61. The van der Waals surface area contributed by atoms with E-state index in [1.165, 1.54) is 6.92 Å². The quantitative estimate of drug-likeness (QED) is 0.851. The number of nitriles is 1. The molecule has 0 aliphatic carbocycles. The van der Waals surface area contributed by atoms with Crippen LogP contribution in [0.3, 0.4) is 0 Å². The number of nitrogens with one attached hydrogen (secondary N) is 1. The van der Waals surface area contributed by atoms with Crippen molar-refractivity contribution in [3.63, 3.8) is 0 Å². The zero-order valence-electron chi connectivity index (χ0n) is 10.2. The van der Waals surface area contributed by atoms with E-state index in [0.29, 0.717) is 5.56 Å². The van der Waals surface area contributed by atoms with Gasteiger partial charge in [-0.25, -0.2) is 0 Å². The Labute approximate surface area is 111 Å². The van der Waals surface area contributed by atoms with Gasteiger partial charge < -0.3 is 5.32 Å². The molecular formula is C12H10F6N2. The number of benzene rings is 1. The third-order valence-electron chi connectivity index (χ3n) is 2.61. The molecule has 0 saturated heterocycles. The Morgan fingerprint density at radius 1 is 1.20 bits per heavy atom. The summed E-state index contributed by atoms with van der Waals surface area (Å²) in [4.78, 5) is 0. The van der Waals surface area contributed by atoms with Crippen molar-refractivity contribution in [2.24, 2.45) is 5.92 Å². The highest BCUT2D eigenvalue weighted by Gasteiger charge is 2.39. The number of hydrogen-bond acceptors (Lipinski definition) is 2. The highest BCUT2D eigenvalue weighted by molar-refractivity contribution is 5.53. The molecule has 110 valence electrons. The van der Waals surface area contributed by atoms with E-state index in [9.17, 15) is 26.3 Å². The van der Waals surface area contributed by atoms with Crippen LogP contribution in [-0.2, 0) is 6.18 Å². The summed E-state index contributed by atoms with van der Waals surface area (Å²) in [6, 6.07) is 3.78. The molecular weight excluding hydrogens is 286 g/mol. The second kappa shape index (κ2) is 5.61. The first-order chi connectivity index (χ1) is 9.05. The van der Waals surface area contributed by atoms with E-state index in [0.717, 1.165) is 24.3 Å². The Bertz CT molecular complexity index is 512. The van der Waals surface area contributed by atoms with E-state index in [4.69, 9.17) is 5.26 Å². The number of hydrogen-bond donors (Lipinski definition) is 1. The average Bonchev–Trinajstić information content (AvgIpc) is 2.28. The molecule has 8 heteroatoms. The maximum Gasteiger partial charge on any atom is 0.416 e. The van der Waals surface area contributed by atoms with Gasteiger partial charge in [0.1, 0.15) is 0 Å². The van der Waals surface area contributed by atoms with Crippen LogP contribution in [0.4, 0.5) is 32.0 Å². The molecule has 1 N–H and O–H groups in total. The van der Waals surface area contributed by atoms with Gasteiger partial charge in [-0.2, -0.15) is 31.6 Å². The summed E-state index contributed by atoms with van der Waals surface area (Å²) in [5.41, 5.74) is -0.688. The van der Waals surface area contributed by atoms with Gasteiger partial charge in [0, 0.05) is 12.2 Å². The Morgan fingerprint density at radius 3 is 2.25 bits per heavy atom. The van der Waals surface area contributed by atoms with E-state index in [1.807, 2.05) is 0 Å². The van der Waals surface area contributed by atoms with Crippen molar-refractivity contribution in [2.75, 3.05) is 11.9 Å². The van der Waals surface area contributed by atoms with Crippen LogP contribution in [0.25, 0.3) is 0 Å². The van der Waals surface area contributed by atoms with Gasteiger partial charge in [0.2, 0.25) is 0 Å². The Morgan fingerprint density at radius 2 is 1.80 bits per heavy atom. The van der Waals surface area contributed by atoms with Gasteiger partial charge in [0.15, 0.2) is 5.92 Å². The summed E-state index contributed by atoms with van der Waals surface area (Å²) in [5.74, 6) is -2.28. The molecule has 0 fully saturated rings. The lowest BCUT2D eigenvalue weighted by Gasteiger charge is -2.17. The van der Waals surface area contributed by atoms with Crippen LogP contribution in [0.15, 0.2) is 18.2 Å². The van der Waals surface area contributed by atoms with Crippen LogP contribution in [0.5, 0.6) is 0 Å². The summed E-state index contributed by atoms with van der Waals surface area (Å²) in [6.07, 6.45) is -9.31. The van der Waals surface area contributed by atoms with Crippen molar-refractivity contribution in [1.82, 2.24) is 0 Å². The number of nitrogens with zero attached hydrogens (tertiary/aromatic N) is 1. The lowest BCUT2D eigenvalue weighted by atomic mass is 10.1. The van der Waals surface area contributed by atoms with Gasteiger partial charge in [-0.1, -0.05) is 6.07 Å². The predicted octanol–water partition coefficient (Wildman–Crippen LogP) is 4.13. The maximum absolute atomic E-state index is 12.5. The Kier molecular flexibility index (Phi) is 4.53. The average molecular weight is 296 g/mol. The summed E-state index contributed by atoms with van der Waals surface area (Å²) in [7, 11) is 0. The van der Waals surface area contributed by atoms with Gasteiger partial charge in [-0.3, -0.25) is 0 Å². The lowest BCUT2D eigenvalue weighted by Crippen LogP contribution is -2.28. The van der Waals surface area contributed by atoms with Crippen LogP contribution in [0.1, 0.15) is 11.1 Å². The van der Waals surface area contributed by atoms with E-state index in [2.05, 4.69) is 5.32 Å². The van der Waals surface area contributed by atoms with Crippen LogP contribution >= 0.6 is 0 Å². The molecule has 0 radical (unpaired) electrons. The van der Waals surface area contributed by atoms with Crippen molar-refractivity contribution in [2.45, 2.75) is 19.3 Å². The molecule has 0 saturated carbocycles. The molecule has 0 heterocycles. The summed E-state index contributed by atoms with van der Waals surface area (Å²) in [6.45, 7) is 0.652. The molecule has 0 bridgehead atoms. The van der Waals surface area contributed by atoms with Crippen LogP contribution < -0.4 is 5.32 Å². The van der Waals surface area contributed by atoms with Crippen molar-refractivity contribution >= 4 is 5.69 Å². The standard InChI is InChI=1S/C12H10F6N2/c1-7-2-3-8(11(13,14)15)4-10(7)20-6-9(5-19)12(16,17)18/h2-4,9,20H,6H2,1H3. The van der Waals surface area contributed by atoms with E-state index >= 15 is 0 Å². The molecule has 1 atom stereocenters. The number of anilines is 1. The van der Waals surface area contributed by atoms with E-state index in [-0.39, 0.29) is 5.69 Å². The SMILES string of the molecule is Cc1ccc(C(F)(F)F)cc1NCC(C#N)C(F)(F)F. The second-order valence-corrected chi connectivity index (χ2v) is 4.13. The maximum atomic E-state index is 12.5. The zero-order valence-corrected chi connectivity index (χ0v) is 10.2. The number of alkyl halides is 6. The first kappa shape index (κ1) is 16.1. The van der Waals surface area contributed by atoms with Crippen molar-refractivity contribution in [1.29, 1.82) is 5.26 Å². The normalized spacial score (nSPS) is 13.7. The van der Waals surface area contributed by atoms with E-state index in [1.54, 1.807) is 0 Å². The van der Waals surface area contributed by atoms with Gasteiger partial charge in [0.25, 0.3) is 0 Å². The third kappa shape index (κ3) is 4.05. The Hall–Kier alpha value is -1.91. The smallest absolute Gasteiger partial charge is 0.383 e. The highest BCUT2D eigenvalue weighted by atomic mass is 19.4. The predicted molar refractivity (Wildman–Crippen MR) is 59.8 cm³/mol. The van der Waals surface area contributed by atoms with Crippen LogP contribution in [-0.4, -0.2) is 12.7 Å². The molecule has 0 aliphatic heterocycles. The first-order valence-corrected chi connectivity index (χ1v) is 5.43. The monoisotopic (exact) mass is 296 g/mol. The van der Waals surface area contributed by atoms with Gasteiger partial charge in [0.05, 0.1) is 11.6 Å². The number of rotatable bonds is 3. The van der Waals surface area contributed by atoms with Gasteiger partial charge in [-0.15, -0.1) is 0 Å². The fraction of sp³-hybridized carbons (Fsp3) is 0.417. The van der Waals surface area contributed by atoms with Crippen molar-refractivity contribution in [3.05, 3.63) is 29.3 Å². The minimum Gasteiger partial charge on any atom is -0.383 e. The first-order valence-electron chi connectivity index (χ1n) is 5.43. The second-order valence-electron chi connectivity index (χ2n) is 4.13. The number of aryl methyl sites for hydroxylation is 1. The molecule has 1 unspecified atom stereocenters. The lowest BCUT2D eigenvalue weighted by molar-refractivity contribution is -0.155. The summed E-state index contributed by atoms with van der Waals surface area (Å²) >= 11 is 0. The zero-order chi connectivity index (χ0) is 15.6. The largest absolute Gasteiger partial charge is 0.416 e. The fourth-order valence-corrected chi connectivity index (χ4v) is 1.44. The molecule has 0 aliphatic rings. The summed E-state index contributed by atoms with van der Waals surface area (Å²) in [5, 5.41) is 10.6. The molecule has 0 spiro atoms. The molecule has 2 nitrogen and oxygen atoms in total. The van der Waals surface area contributed by atoms with E-state index < -0.39 is 30.4 Å². The molecule has 0 aromatic heterocycles. The van der Waals surface area contributed by atoms with Gasteiger partial charge >= 0.3 is 12.4 Å². The molecule has 0 amide bonds. The fourth-order valence-electron chi connectivity index (χ4n) is 1.44.